The van der Waals surface area contributed by atoms with Gasteiger partial charge in [0, 0.05) is 18.9 Å². The van der Waals surface area contributed by atoms with Gasteiger partial charge in [0.25, 0.3) is 0 Å². The molecule has 0 spiro atoms. The van der Waals surface area contributed by atoms with E-state index in [1.165, 1.54) is 0 Å². The van der Waals surface area contributed by atoms with Crippen LogP contribution in [-0.2, 0) is 6.54 Å². The van der Waals surface area contributed by atoms with Crippen molar-refractivity contribution in [3.8, 4) is 0 Å². The highest BCUT2D eigenvalue weighted by Crippen LogP contribution is 2.27. The summed E-state index contributed by atoms with van der Waals surface area (Å²) in [6.07, 6.45) is 7.30. The molecule has 0 amide bonds. The van der Waals surface area contributed by atoms with Gasteiger partial charge in [-0.2, -0.15) is 0 Å². The third-order valence-corrected chi connectivity index (χ3v) is 3.41. The smallest absolute Gasteiger partial charge is 0.0802 e. The van der Waals surface area contributed by atoms with Gasteiger partial charge < -0.3 is 5.32 Å². The van der Waals surface area contributed by atoms with Crippen molar-refractivity contribution in [3.63, 3.8) is 0 Å². The highest BCUT2D eigenvalue weighted by molar-refractivity contribution is 6.31. The fraction of sp³-hybridized carbons (Fsp3) is 0.500. The average Bonchev–Trinajstić information content (AvgIpc) is 2.90. The zero-order chi connectivity index (χ0) is 14.4. The molecule has 2 heterocycles. The normalized spacial score (nSPS) is 12.6. The summed E-state index contributed by atoms with van der Waals surface area (Å²) in [4.78, 5) is 4.05. The number of halogens is 1. The molecular formula is C14H20ClN5. The van der Waals surface area contributed by atoms with Gasteiger partial charge in [0.1, 0.15) is 0 Å². The van der Waals surface area contributed by atoms with Crippen LogP contribution in [0.25, 0.3) is 0 Å². The second kappa shape index (κ2) is 7.36. The molecule has 0 aromatic carbocycles. The molecule has 5 nitrogen and oxygen atoms in total. The Balaban J connectivity index is 2.37. The number of nitrogens with zero attached hydrogens (tertiary/aromatic N) is 4. The van der Waals surface area contributed by atoms with Crippen LogP contribution < -0.4 is 5.32 Å². The molecule has 0 aliphatic carbocycles. The van der Waals surface area contributed by atoms with E-state index in [-0.39, 0.29) is 6.04 Å². The molecule has 1 N–H and O–H groups in total. The monoisotopic (exact) mass is 293 g/mol. The van der Waals surface area contributed by atoms with E-state index in [9.17, 15) is 0 Å². The van der Waals surface area contributed by atoms with Crippen LogP contribution in [0.2, 0.25) is 5.02 Å². The summed E-state index contributed by atoms with van der Waals surface area (Å²) >= 11 is 6.29. The number of pyridine rings is 1. The lowest BCUT2D eigenvalue weighted by Crippen LogP contribution is -2.26. The summed E-state index contributed by atoms with van der Waals surface area (Å²) in [7, 11) is 0. The Hall–Kier alpha value is -1.46. The third kappa shape index (κ3) is 3.35. The number of hydrogen-bond donors (Lipinski definition) is 1. The number of nitrogens with one attached hydrogen (secondary N) is 1. The summed E-state index contributed by atoms with van der Waals surface area (Å²) < 4.78 is 1.93. The van der Waals surface area contributed by atoms with E-state index in [1.54, 1.807) is 18.6 Å². The molecule has 2 aromatic rings. The average molecular weight is 294 g/mol. The zero-order valence-corrected chi connectivity index (χ0v) is 12.6. The maximum atomic E-state index is 6.29. The quantitative estimate of drug-likeness (QED) is 0.853. The zero-order valence-electron chi connectivity index (χ0n) is 11.9. The fourth-order valence-corrected chi connectivity index (χ4v) is 2.39. The molecule has 0 radical (unpaired) electrons. The molecule has 2 rings (SSSR count). The molecule has 0 saturated carbocycles. The predicted molar refractivity (Wildman–Crippen MR) is 79.7 cm³/mol. The second-order valence-corrected chi connectivity index (χ2v) is 5.07. The molecule has 0 aliphatic heterocycles. The largest absolute Gasteiger partial charge is 0.305 e. The minimum Gasteiger partial charge on any atom is -0.305 e. The summed E-state index contributed by atoms with van der Waals surface area (Å²) in [6, 6.07) is 1.94. The third-order valence-electron chi connectivity index (χ3n) is 3.09. The summed E-state index contributed by atoms with van der Waals surface area (Å²) in [5.41, 5.74) is 2.04. The summed E-state index contributed by atoms with van der Waals surface area (Å²) in [6.45, 7) is 6.02. The number of aryl methyl sites for hydroxylation is 1. The molecule has 2 aromatic heterocycles. The van der Waals surface area contributed by atoms with Gasteiger partial charge in [-0.15, -0.1) is 5.10 Å². The van der Waals surface area contributed by atoms with Crippen molar-refractivity contribution in [1.29, 1.82) is 0 Å². The fourth-order valence-electron chi connectivity index (χ4n) is 2.16. The van der Waals surface area contributed by atoms with E-state index >= 15 is 0 Å². The van der Waals surface area contributed by atoms with Crippen molar-refractivity contribution in [2.75, 3.05) is 6.54 Å². The van der Waals surface area contributed by atoms with E-state index in [1.807, 2.05) is 10.7 Å². The molecule has 6 heteroatoms. The van der Waals surface area contributed by atoms with Crippen molar-refractivity contribution in [1.82, 2.24) is 25.3 Å². The predicted octanol–water partition coefficient (Wildman–Crippen LogP) is 2.83. The first kappa shape index (κ1) is 14.9. The van der Waals surface area contributed by atoms with Gasteiger partial charge in [-0.25, -0.2) is 4.68 Å². The summed E-state index contributed by atoms with van der Waals surface area (Å²) in [5, 5.41) is 12.4. The Morgan fingerprint density at radius 1 is 1.30 bits per heavy atom. The first-order valence-electron chi connectivity index (χ1n) is 6.99. The number of hydrogen-bond acceptors (Lipinski definition) is 4. The molecule has 0 saturated heterocycles. The number of rotatable bonds is 7. The van der Waals surface area contributed by atoms with Gasteiger partial charge in [0.05, 0.1) is 23.0 Å². The van der Waals surface area contributed by atoms with Gasteiger partial charge >= 0.3 is 0 Å². The van der Waals surface area contributed by atoms with Crippen molar-refractivity contribution in [2.24, 2.45) is 0 Å². The molecule has 0 aliphatic rings. The van der Waals surface area contributed by atoms with Gasteiger partial charge in [0.15, 0.2) is 0 Å². The van der Waals surface area contributed by atoms with Crippen LogP contribution in [0.3, 0.4) is 0 Å². The van der Waals surface area contributed by atoms with Crippen LogP contribution in [0.1, 0.15) is 44.0 Å². The molecule has 20 heavy (non-hydrogen) atoms. The van der Waals surface area contributed by atoms with Gasteiger partial charge in [-0.3, -0.25) is 4.98 Å². The van der Waals surface area contributed by atoms with Gasteiger partial charge in [0.2, 0.25) is 0 Å². The molecule has 1 unspecified atom stereocenters. The SMILES string of the molecule is CCCNC(c1ccncc1Cl)c1cnnn1CCC. The standard InChI is InChI=1S/C14H20ClN5/c1-3-6-17-14(11-5-7-16-9-12(11)15)13-10-18-19-20(13)8-4-2/h5,7,9-10,14,17H,3-4,6,8H2,1-2H3. The highest BCUT2D eigenvalue weighted by Gasteiger charge is 2.20. The van der Waals surface area contributed by atoms with Gasteiger partial charge in [-0.05, 0) is 31.0 Å². The van der Waals surface area contributed by atoms with E-state index in [0.717, 1.165) is 37.2 Å². The Bertz CT molecular complexity index is 540. The Morgan fingerprint density at radius 3 is 2.85 bits per heavy atom. The van der Waals surface area contributed by atoms with Crippen molar-refractivity contribution in [2.45, 2.75) is 39.3 Å². The van der Waals surface area contributed by atoms with Crippen LogP contribution >= 0.6 is 11.6 Å². The van der Waals surface area contributed by atoms with E-state index in [4.69, 9.17) is 11.6 Å². The molecular weight excluding hydrogens is 274 g/mol. The Kier molecular flexibility index (Phi) is 5.49. The Labute approximate surface area is 124 Å². The van der Waals surface area contributed by atoms with Crippen molar-refractivity contribution >= 4 is 11.6 Å². The van der Waals surface area contributed by atoms with E-state index < -0.39 is 0 Å². The van der Waals surface area contributed by atoms with Crippen molar-refractivity contribution in [3.05, 3.63) is 40.9 Å². The minimum absolute atomic E-state index is 0.00741. The van der Waals surface area contributed by atoms with Gasteiger partial charge in [-0.1, -0.05) is 30.7 Å². The van der Waals surface area contributed by atoms with Crippen LogP contribution in [-0.4, -0.2) is 26.5 Å². The van der Waals surface area contributed by atoms with E-state index in [0.29, 0.717) is 5.02 Å². The van der Waals surface area contributed by atoms with Crippen molar-refractivity contribution < 1.29 is 0 Å². The van der Waals surface area contributed by atoms with Crippen LogP contribution in [0.5, 0.6) is 0 Å². The maximum Gasteiger partial charge on any atom is 0.0802 e. The molecule has 0 bridgehead atoms. The summed E-state index contributed by atoms with van der Waals surface area (Å²) in [5.74, 6) is 0. The first-order chi connectivity index (χ1) is 9.77. The van der Waals surface area contributed by atoms with Crippen LogP contribution in [0.15, 0.2) is 24.7 Å². The lowest BCUT2D eigenvalue weighted by molar-refractivity contribution is 0.504. The molecule has 0 fully saturated rings. The minimum atomic E-state index is -0.00741. The molecule has 108 valence electrons. The maximum absolute atomic E-state index is 6.29. The van der Waals surface area contributed by atoms with Crippen LogP contribution in [0, 0.1) is 0 Å². The lowest BCUT2D eigenvalue weighted by Gasteiger charge is -2.20. The van der Waals surface area contributed by atoms with E-state index in [2.05, 4.69) is 34.5 Å². The second-order valence-electron chi connectivity index (χ2n) is 4.67. The molecule has 1 atom stereocenters. The lowest BCUT2D eigenvalue weighted by atomic mass is 10.1. The first-order valence-corrected chi connectivity index (χ1v) is 7.36. The topological polar surface area (TPSA) is 55.6 Å². The Morgan fingerprint density at radius 2 is 2.15 bits per heavy atom. The number of aromatic nitrogens is 4. The highest BCUT2D eigenvalue weighted by atomic mass is 35.5. The van der Waals surface area contributed by atoms with Crippen LogP contribution in [0.4, 0.5) is 0 Å².